The van der Waals surface area contributed by atoms with Crippen molar-refractivity contribution in [2.24, 2.45) is 0 Å². The van der Waals surface area contributed by atoms with Crippen molar-refractivity contribution in [3.05, 3.63) is 143 Å². The maximum Gasteiger partial charge on any atom is 0.160 e. The Morgan fingerprint density at radius 3 is 1.47 bits per heavy atom. The maximum atomic E-state index is 4.80. The van der Waals surface area contributed by atoms with Gasteiger partial charge in [-0.15, -0.1) is 13.2 Å². The average Bonchev–Trinajstić information content (AvgIpc) is 3.30. The molecule has 2 heterocycles. The summed E-state index contributed by atoms with van der Waals surface area (Å²) < 4.78 is 3.01. The molecule has 0 bridgehead atoms. The molecule has 0 aliphatic rings. The van der Waals surface area contributed by atoms with Crippen LogP contribution in [0.2, 0.25) is 0 Å². The van der Waals surface area contributed by atoms with Gasteiger partial charge in [0.15, 0.2) is 5.65 Å². The van der Waals surface area contributed by atoms with Gasteiger partial charge < -0.3 is 4.57 Å². The summed E-state index contributed by atoms with van der Waals surface area (Å²) in [6, 6.07) is 31.9. The van der Waals surface area contributed by atoms with Crippen molar-refractivity contribution in [3.8, 4) is 0 Å². The van der Waals surface area contributed by atoms with Crippen LogP contribution < -0.4 is 0 Å². The van der Waals surface area contributed by atoms with Gasteiger partial charge in [-0.1, -0.05) is 119 Å². The maximum absolute atomic E-state index is 4.80. The molecule has 3 aromatic carbocycles. The van der Waals surface area contributed by atoms with Crippen LogP contribution >= 0.6 is 15.9 Å². The molecule has 2 aromatic heterocycles. The second kappa shape index (κ2) is 14.2. The summed E-state index contributed by atoms with van der Waals surface area (Å²) in [6.07, 6.45) is 3.94. The van der Waals surface area contributed by atoms with Crippen molar-refractivity contribution in [1.82, 2.24) is 14.5 Å². The number of nitrogens with zero attached hydrogens (tertiary/aromatic N) is 3. The fourth-order valence-electron chi connectivity index (χ4n) is 4.33. The highest BCUT2D eigenvalue weighted by Crippen LogP contribution is 2.43. The lowest BCUT2D eigenvalue weighted by atomic mass is 9.76. The zero-order chi connectivity index (χ0) is 26.6. The lowest BCUT2D eigenvalue weighted by Gasteiger charge is -2.38. The van der Waals surface area contributed by atoms with E-state index in [0.717, 1.165) is 21.3 Å². The molecule has 186 valence electrons. The minimum absolute atomic E-state index is 0.585. The number of hydrogen-bond donors (Lipinski definition) is 0. The number of benzene rings is 3. The molecule has 0 aliphatic carbocycles. The Bertz CT molecular complexity index is 1220. The normalized spacial score (nSPS) is 10.2. The molecule has 3 nitrogen and oxygen atoms in total. The monoisotopic (exact) mass is 541 g/mol. The smallest absolute Gasteiger partial charge is 0.160 e. The number of rotatable bonds is 4. The SMILES string of the molecule is C=C.CC.CC.Cc1cn(C(c2ccccc2)(c2ccccc2)c2ccccc2)c2ncc(Br)nc12. The van der Waals surface area contributed by atoms with Crippen molar-refractivity contribution in [2.45, 2.75) is 40.2 Å². The number of halogens is 1. The summed E-state index contributed by atoms with van der Waals surface area (Å²) >= 11 is 3.48. The summed E-state index contributed by atoms with van der Waals surface area (Å²) in [6.45, 7) is 16.1. The molecule has 0 fully saturated rings. The summed E-state index contributed by atoms with van der Waals surface area (Å²) in [5, 5.41) is 0. The molecule has 5 aromatic rings. The predicted molar refractivity (Wildman–Crippen MR) is 159 cm³/mol. The van der Waals surface area contributed by atoms with Crippen LogP contribution in [0.25, 0.3) is 11.2 Å². The number of aromatic nitrogens is 3. The van der Waals surface area contributed by atoms with E-state index >= 15 is 0 Å². The fraction of sp³-hybridized carbons (Fsp3) is 0.188. The Balaban J connectivity index is 0.000000710. The third kappa shape index (κ3) is 5.50. The van der Waals surface area contributed by atoms with Crippen LogP contribution in [-0.2, 0) is 5.54 Å². The van der Waals surface area contributed by atoms with Gasteiger partial charge in [-0.25, -0.2) is 9.97 Å². The Morgan fingerprint density at radius 2 is 1.08 bits per heavy atom. The zero-order valence-corrected chi connectivity index (χ0v) is 23.5. The lowest BCUT2D eigenvalue weighted by molar-refractivity contribution is 0.529. The lowest BCUT2D eigenvalue weighted by Crippen LogP contribution is -2.37. The molecular formula is C32H36BrN3. The number of aryl methyl sites for hydroxylation is 1. The van der Waals surface area contributed by atoms with E-state index in [1.165, 1.54) is 16.7 Å². The first kappa shape index (κ1) is 28.7. The highest BCUT2D eigenvalue weighted by molar-refractivity contribution is 9.10. The van der Waals surface area contributed by atoms with Gasteiger partial charge in [0.25, 0.3) is 0 Å². The van der Waals surface area contributed by atoms with Crippen LogP contribution in [0, 0.1) is 6.92 Å². The average molecular weight is 543 g/mol. The topological polar surface area (TPSA) is 30.7 Å². The van der Waals surface area contributed by atoms with E-state index in [0.29, 0.717) is 0 Å². The van der Waals surface area contributed by atoms with Crippen molar-refractivity contribution in [3.63, 3.8) is 0 Å². The molecule has 0 radical (unpaired) electrons. The zero-order valence-electron chi connectivity index (χ0n) is 21.9. The van der Waals surface area contributed by atoms with Gasteiger partial charge in [-0.05, 0) is 45.1 Å². The second-order valence-electron chi connectivity index (χ2n) is 7.36. The molecule has 0 N–H and O–H groups in total. The van der Waals surface area contributed by atoms with E-state index in [2.05, 4.69) is 138 Å². The molecule has 5 rings (SSSR count). The quantitative estimate of drug-likeness (QED) is 0.167. The van der Waals surface area contributed by atoms with Crippen molar-refractivity contribution >= 4 is 27.1 Å². The summed E-state index contributed by atoms with van der Waals surface area (Å²) in [7, 11) is 0. The minimum Gasteiger partial charge on any atom is -0.312 e. The highest BCUT2D eigenvalue weighted by Gasteiger charge is 2.39. The van der Waals surface area contributed by atoms with Crippen LogP contribution in [0.5, 0.6) is 0 Å². The van der Waals surface area contributed by atoms with Gasteiger partial charge in [-0.2, -0.15) is 0 Å². The first-order valence-electron chi connectivity index (χ1n) is 12.4. The van der Waals surface area contributed by atoms with E-state index in [9.17, 15) is 0 Å². The van der Waals surface area contributed by atoms with E-state index in [4.69, 9.17) is 9.97 Å². The Hall–Kier alpha value is -3.50. The molecule has 0 spiro atoms. The Labute approximate surface area is 224 Å². The molecule has 0 unspecified atom stereocenters. The third-order valence-electron chi connectivity index (χ3n) is 5.58. The molecule has 0 aliphatic heterocycles. The van der Waals surface area contributed by atoms with Crippen molar-refractivity contribution in [1.29, 1.82) is 0 Å². The van der Waals surface area contributed by atoms with Gasteiger partial charge in [0.1, 0.15) is 15.7 Å². The summed E-state index contributed by atoms with van der Waals surface area (Å²) in [4.78, 5) is 9.52. The van der Waals surface area contributed by atoms with Crippen LogP contribution in [0.1, 0.15) is 49.9 Å². The van der Waals surface area contributed by atoms with Gasteiger partial charge in [-0.3, -0.25) is 0 Å². The van der Waals surface area contributed by atoms with Gasteiger partial charge in [0.2, 0.25) is 0 Å². The van der Waals surface area contributed by atoms with Crippen LogP contribution in [0.4, 0.5) is 0 Å². The summed E-state index contributed by atoms with van der Waals surface area (Å²) in [5.41, 5.74) is 5.77. The van der Waals surface area contributed by atoms with Crippen LogP contribution in [-0.4, -0.2) is 14.5 Å². The largest absolute Gasteiger partial charge is 0.312 e. The molecule has 0 amide bonds. The van der Waals surface area contributed by atoms with E-state index < -0.39 is 5.54 Å². The third-order valence-corrected chi connectivity index (χ3v) is 5.97. The van der Waals surface area contributed by atoms with Gasteiger partial charge >= 0.3 is 0 Å². The fourth-order valence-corrected chi connectivity index (χ4v) is 4.61. The number of fused-ring (bicyclic) bond motifs is 1. The Kier molecular flexibility index (Phi) is 11.3. The van der Waals surface area contributed by atoms with Crippen LogP contribution in [0.3, 0.4) is 0 Å². The minimum atomic E-state index is -0.585. The molecule has 0 saturated heterocycles. The second-order valence-corrected chi connectivity index (χ2v) is 8.17. The molecule has 0 saturated carbocycles. The van der Waals surface area contributed by atoms with Gasteiger partial charge in [0, 0.05) is 6.20 Å². The van der Waals surface area contributed by atoms with Gasteiger partial charge in [0.05, 0.1) is 6.20 Å². The highest BCUT2D eigenvalue weighted by atomic mass is 79.9. The summed E-state index contributed by atoms with van der Waals surface area (Å²) in [5.74, 6) is 0. The molecule has 36 heavy (non-hydrogen) atoms. The number of hydrogen-bond acceptors (Lipinski definition) is 2. The standard InChI is InChI=1S/C26H20BrN3.2C2H6.C2H4/c1-19-18-30(25-24(19)29-23(27)17-28-25)26(20-11-5-2-6-12-20,21-13-7-3-8-14-21)22-15-9-4-10-16-22;3*1-2/h2-18H,1H3;2*1-2H3;1-2H2. The van der Waals surface area contributed by atoms with E-state index in [-0.39, 0.29) is 0 Å². The van der Waals surface area contributed by atoms with E-state index in [1.807, 2.05) is 27.7 Å². The Morgan fingerprint density at radius 1 is 0.694 bits per heavy atom. The first-order chi connectivity index (χ1) is 17.7. The molecular weight excluding hydrogens is 506 g/mol. The van der Waals surface area contributed by atoms with E-state index in [1.54, 1.807) is 6.20 Å². The first-order valence-corrected chi connectivity index (χ1v) is 13.2. The van der Waals surface area contributed by atoms with Crippen molar-refractivity contribution in [2.75, 3.05) is 0 Å². The van der Waals surface area contributed by atoms with Crippen LogP contribution in [0.15, 0.2) is 121 Å². The predicted octanol–water partition coefficient (Wildman–Crippen LogP) is 9.20. The van der Waals surface area contributed by atoms with Crippen molar-refractivity contribution < 1.29 is 0 Å². The molecule has 0 atom stereocenters. The molecule has 4 heteroatoms.